The van der Waals surface area contributed by atoms with Gasteiger partial charge in [-0.05, 0) is 0 Å². The smallest absolute Gasteiger partial charge is 0.368 e. The highest BCUT2D eigenvalue weighted by atomic mass is 19.4. The lowest BCUT2D eigenvalue weighted by Gasteiger charge is -2.34. The summed E-state index contributed by atoms with van der Waals surface area (Å²) in [5.41, 5.74) is -3.72. The second kappa shape index (κ2) is 9.00. The molecule has 0 unspecified atom stereocenters. The summed E-state index contributed by atoms with van der Waals surface area (Å²) in [5, 5.41) is 7.76. The van der Waals surface area contributed by atoms with E-state index in [2.05, 4.69) is 20.4 Å². The molecule has 2 aromatic rings. The predicted molar refractivity (Wildman–Crippen MR) is 98.8 cm³/mol. The van der Waals surface area contributed by atoms with Gasteiger partial charge in [-0.3, -0.25) is 9.59 Å². The number of H-pyrrole nitrogens is 1. The Morgan fingerprint density at radius 1 is 1.03 bits per heavy atom. The average Bonchev–Trinajstić information content (AvgIpc) is 2.73. The van der Waals surface area contributed by atoms with Gasteiger partial charge in [0.2, 0.25) is 11.9 Å². The second-order valence-electron chi connectivity index (χ2n) is 6.81. The zero-order valence-corrected chi connectivity index (χ0v) is 16.3. The zero-order chi connectivity index (χ0) is 23.5. The summed E-state index contributed by atoms with van der Waals surface area (Å²) in [6.45, 7) is 1.15. The first-order valence-electron chi connectivity index (χ1n) is 9.28. The minimum absolute atomic E-state index is 0.0165. The number of carbonyl (C=O) groups is 1. The number of nitrogens with zero attached hydrogens (tertiary/aromatic N) is 5. The summed E-state index contributed by atoms with van der Waals surface area (Å²) in [6, 6.07) is 0.562. The molecule has 1 amide bonds. The molecule has 3 heterocycles. The number of amides is 1. The summed E-state index contributed by atoms with van der Waals surface area (Å²) in [4.78, 5) is 34.1. The summed E-state index contributed by atoms with van der Waals surface area (Å²) >= 11 is 0. The van der Waals surface area contributed by atoms with E-state index in [1.165, 1.54) is 4.90 Å². The maximum atomic E-state index is 12.7. The maximum absolute atomic E-state index is 12.7. The van der Waals surface area contributed by atoms with Crippen LogP contribution in [0.25, 0.3) is 0 Å². The van der Waals surface area contributed by atoms with Gasteiger partial charge in [-0.25, -0.2) is 15.1 Å². The van der Waals surface area contributed by atoms with E-state index in [1.807, 2.05) is 0 Å². The van der Waals surface area contributed by atoms with Gasteiger partial charge in [0.1, 0.15) is 11.4 Å². The second-order valence-corrected chi connectivity index (χ2v) is 6.81. The van der Waals surface area contributed by atoms with Crippen molar-refractivity contribution in [3.63, 3.8) is 0 Å². The number of piperazine rings is 1. The molecule has 0 spiro atoms. The van der Waals surface area contributed by atoms with Crippen LogP contribution in [0.1, 0.15) is 17.5 Å². The molecule has 174 valence electrons. The van der Waals surface area contributed by atoms with Crippen molar-refractivity contribution in [2.45, 2.75) is 18.8 Å². The Labute approximate surface area is 176 Å². The van der Waals surface area contributed by atoms with Gasteiger partial charge in [-0.1, -0.05) is 0 Å². The molecule has 32 heavy (non-hydrogen) atoms. The third-order valence-corrected chi connectivity index (χ3v) is 4.63. The van der Waals surface area contributed by atoms with Crippen molar-refractivity contribution < 1.29 is 31.1 Å². The molecule has 2 aromatic heterocycles. The molecular formula is C17H17F6N7O2. The summed E-state index contributed by atoms with van der Waals surface area (Å²) in [7, 11) is 0. The molecule has 3 rings (SSSR count). The zero-order valence-electron chi connectivity index (χ0n) is 16.3. The lowest BCUT2D eigenvalue weighted by molar-refractivity contribution is -0.139. The summed E-state index contributed by atoms with van der Waals surface area (Å²) in [6.07, 6.45) is -8.02. The quantitative estimate of drug-likeness (QED) is 0.648. The van der Waals surface area contributed by atoms with Crippen molar-refractivity contribution in [2.24, 2.45) is 0 Å². The van der Waals surface area contributed by atoms with Gasteiger partial charge in [0, 0.05) is 57.6 Å². The first-order valence-corrected chi connectivity index (χ1v) is 9.28. The van der Waals surface area contributed by atoms with Crippen molar-refractivity contribution >= 4 is 17.7 Å². The van der Waals surface area contributed by atoms with Crippen LogP contribution in [-0.2, 0) is 17.1 Å². The number of carbonyl (C=O) groups excluding carboxylic acids is 1. The fourth-order valence-corrected chi connectivity index (χ4v) is 2.95. The number of rotatable bonds is 5. The normalized spacial score (nSPS) is 15.1. The minimum Gasteiger partial charge on any atom is -0.368 e. The van der Waals surface area contributed by atoms with E-state index >= 15 is 0 Å². The lowest BCUT2D eigenvalue weighted by Crippen LogP contribution is -2.49. The molecule has 9 nitrogen and oxygen atoms in total. The van der Waals surface area contributed by atoms with Crippen molar-refractivity contribution in [3.05, 3.63) is 39.9 Å². The highest BCUT2D eigenvalue weighted by Crippen LogP contribution is 2.29. The van der Waals surface area contributed by atoms with Gasteiger partial charge in [0.25, 0.3) is 5.56 Å². The van der Waals surface area contributed by atoms with Crippen LogP contribution < -0.4 is 15.8 Å². The third-order valence-electron chi connectivity index (χ3n) is 4.63. The molecule has 2 N–H and O–H groups in total. The number of aromatic amines is 1. The standard InChI is InChI=1S/C17H17F6N7O2/c18-16(19,20)10-8-25-15(26-9-10)30-5-3-29(4-6-30)13(31)1-2-24-12-7-11(17(21,22)23)14(32)28-27-12/h7-9H,1-6H2,(H,24,27)(H,28,32). The van der Waals surface area contributed by atoms with Gasteiger partial charge >= 0.3 is 12.4 Å². The number of nitrogens with one attached hydrogen (secondary N) is 2. The molecule has 1 aliphatic rings. The van der Waals surface area contributed by atoms with Crippen molar-refractivity contribution in [1.29, 1.82) is 0 Å². The van der Waals surface area contributed by atoms with Gasteiger partial charge in [-0.15, -0.1) is 0 Å². The number of halogens is 6. The molecule has 0 radical (unpaired) electrons. The average molecular weight is 465 g/mol. The van der Waals surface area contributed by atoms with Gasteiger partial charge < -0.3 is 15.1 Å². The minimum atomic E-state index is -4.83. The van der Waals surface area contributed by atoms with E-state index in [1.54, 1.807) is 10.00 Å². The highest BCUT2D eigenvalue weighted by molar-refractivity contribution is 5.77. The summed E-state index contributed by atoms with van der Waals surface area (Å²) in [5.74, 6) is -0.378. The Bertz CT molecular complexity index is 998. The monoisotopic (exact) mass is 465 g/mol. The maximum Gasteiger partial charge on any atom is 0.421 e. The van der Waals surface area contributed by atoms with Gasteiger partial charge in [0.05, 0.1) is 5.56 Å². The van der Waals surface area contributed by atoms with Crippen molar-refractivity contribution in [1.82, 2.24) is 25.1 Å². The topological polar surface area (TPSA) is 107 Å². The number of hydrogen-bond acceptors (Lipinski definition) is 7. The fourth-order valence-electron chi connectivity index (χ4n) is 2.95. The molecule has 0 saturated carbocycles. The number of anilines is 2. The Morgan fingerprint density at radius 2 is 1.66 bits per heavy atom. The number of alkyl halides is 6. The molecule has 0 atom stereocenters. The van der Waals surface area contributed by atoms with Crippen LogP contribution in [0.5, 0.6) is 0 Å². The predicted octanol–water partition coefficient (Wildman–Crippen LogP) is 1.75. The van der Waals surface area contributed by atoms with Crippen molar-refractivity contribution in [2.75, 3.05) is 42.9 Å². The fraction of sp³-hybridized carbons (Fsp3) is 0.471. The van der Waals surface area contributed by atoms with Crippen LogP contribution >= 0.6 is 0 Å². The Balaban J connectivity index is 1.47. The van der Waals surface area contributed by atoms with Crippen LogP contribution in [0, 0.1) is 0 Å². The largest absolute Gasteiger partial charge is 0.421 e. The third kappa shape index (κ3) is 5.64. The van der Waals surface area contributed by atoms with Crippen molar-refractivity contribution in [3.8, 4) is 0 Å². The number of aromatic nitrogens is 4. The Morgan fingerprint density at radius 3 is 2.22 bits per heavy atom. The van der Waals surface area contributed by atoms with Gasteiger partial charge in [-0.2, -0.15) is 31.4 Å². The van der Waals surface area contributed by atoms with E-state index in [9.17, 15) is 35.9 Å². The Kier molecular flexibility index (Phi) is 6.55. The number of hydrogen-bond donors (Lipinski definition) is 2. The van der Waals surface area contributed by atoms with Crippen LogP contribution in [-0.4, -0.2) is 63.7 Å². The van der Waals surface area contributed by atoms with E-state index in [-0.39, 0.29) is 43.7 Å². The lowest BCUT2D eigenvalue weighted by atomic mass is 10.2. The van der Waals surface area contributed by atoms with Crippen LogP contribution in [0.2, 0.25) is 0 Å². The van der Waals surface area contributed by atoms with E-state index < -0.39 is 29.0 Å². The molecule has 15 heteroatoms. The van der Waals surface area contributed by atoms with Crippen LogP contribution in [0.4, 0.5) is 38.1 Å². The molecule has 0 aromatic carbocycles. The molecule has 1 fully saturated rings. The first kappa shape index (κ1) is 23.3. The summed E-state index contributed by atoms with van der Waals surface area (Å²) < 4.78 is 76.0. The van der Waals surface area contributed by atoms with E-state index in [0.29, 0.717) is 31.5 Å². The highest BCUT2D eigenvalue weighted by Gasteiger charge is 2.34. The van der Waals surface area contributed by atoms with Crippen LogP contribution in [0.3, 0.4) is 0 Å². The Hall–Kier alpha value is -3.39. The van der Waals surface area contributed by atoms with E-state index in [0.717, 1.165) is 0 Å². The van der Waals surface area contributed by atoms with Crippen LogP contribution in [0.15, 0.2) is 23.3 Å². The molecule has 1 saturated heterocycles. The molecule has 1 aliphatic heterocycles. The SMILES string of the molecule is O=C(CCNc1cc(C(F)(F)F)c(=O)[nH]n1)N1CCN(c2ncc(C(F)(F)F)cn2)CC1. The first-order chi connectivity index (χ1) is 14.9. The molecule has 0 aliphatic carbocycles. The molecule has 0 bridgehead atoms. The molecular weight excluding hydrogens is 448 g/mol. The van der Waals surface area contributed by atoms with Gasteiger partial charge in [0.15, 0.2) is 0 Å². The van der Waals surface area contributed by atoms with E-state index in [4.69, 9.17) is 0 Å².